The summed E-state index contributed by atoms with van der Waals surface area (Å²) in [5.41, 5.74) is 11.6. The molecule has 0 N–H and O–H groups in total. The number of carbonyl (C=O) groups excluding carboxylic acids is 2. The van der Waals surface area contributed by atoms with Crippen LogP contribution in [0.4, 0.5) is 5.69 Å². The maximum absolute atomic E-state index is 14.7. The summed E-state index contributed by atoms with van der Waals surface area (Å²) in [7, 11) is 3.24. The molecule has 0 radical (unpaired) electrons. The highest BCUT2D eigenvalue weighted by Gasteiger charge is 2.25. The molecule has 60 heavy (non-hydrogen) atoms. The maximum atomic E-state index is 14.7. The number of methoxy groups -OCH3 is 2. The lowest BCUT2D eigenvalue weighted by molar-refractivity contribution is -0.131. The number of benzene rings is 6. The average molecular weight is 790 g/mol. The number of hydrogen-bond donors (Lipinski definition) is 0. The second-order valence-corrected chi connectivity index (χ2v) is 15.6. The number of allylic oxidation sites excluding steroid dienone is 2. The van der Waals surface area contributed by atoms with E-state index in [0.717, 1.165) is 51.7 Å². The first-order valence-corrected chi connectivity index (χ1v) is 20.7. The zero-order chi connectivity index (χ0) is 41.0. The van der Waals surface area contributed by atoms with Gasteiger partial charge in [0.15, 0.2) is 11.5 Å². The van der Waals surface area contributed by atoms with Crippen molar-refractivity contribution in [2.24, 2.45) is 0 Å². The molecule has 0 aliphatic heterocycles. The fourth-order valence-electron chi connectivity index (χ4n) is 8.70. The molecular weight excluding hydrogens is 743 g/mol. The molecule has 0 bridgehead atoms. The summed E-state index contributed by atoms with van der Waals surface area (Å²) in [6.07, 6.45) is 14.0. The minimum Gasteiger partial charge on any atom is -0.493 e. The van der Waals surface area contributed by atoms with Gasteiger partial charge in [0.25, 0.3) is 5.91 Å². The summed E-state index contributed by atoms with van der Waals surface area (Å²) in [6.45, 7) is 1.49. The Morgan fingerprint density at radius 3 is 2.27 bits per heavy atom. The summed E-state index contributed by atoms with van der Waals surface area (Å²) in [5, 5.41) is 3.56. The Labute approximate surface area is 351 Å². The predicted molar refractivity (Wildman–Crippen MR) is 242 cm³/mol. The van der Waals surface area contributed by atoms with Crippen molar-refractivity contribution in [2.75, 3.05) is 25.7 Å². The quantitative estimate of drug-likeness (QED) is 0.110. The van der Waals surface area contributed by atoms with Gasteiger partial charge in [0.05, 0.1) is 31.8 Å². The molecule has 1 heterocycles. The zero-order valence-corrected chi connectivity index (χ0v) is 34.1. The number of fused-ring (bicyclic) bond motifs is 1. The summed E-state index contributed by atoms with van der Waals surface area (Å²) >= 11 is 0. The lowest BCUT2D eigenvalue weighted by atomic mass is 9.82. The lowest BCUT2D eigenvalue weighted by Gasteiger charge is -2.28. The van der Waals surface area contributed by atoms with Gasteiger partial charge in [-0.25, -0.2) is 0 Å². The van der Waals surface area contributed by atoms with E-state index in [4.69, 9.17) is 9.47 Å². The number of nitrogens with zero attached hydrogens (tertiary/aromatic N) is 3. The molecule has 2 amide bonds. The zero-order valence-electron chi connectivity index (χ0n) is 34.1. The number of ether oxygens (including phenoxy) is 2. The summed E-state index contributed by atoms with van der Waals surface area (Å²) in [4.78, 5) is 37.1. The van der Waals surface area contributed by atoms with Gasteiger partial charge in [-0.05, 0) is 123 Å². The standard InChI is InChI=1S/C53H47N3O4/c1-59-48-26-20-37(30-49(48)60-2)21-27-50(57)55(34-38-10-4-3-5-11-38)29-28-36-18-24-45(25-19-36)56(53(58)43-31-41-12-6-7-17-47(41)54-33-43)35-44-32-42-15-8-13-39-22-23-40-14-9-16-46(44)52(40)51(39)42/h3-12,14-15,17-20,22-26,30-33H,13,16,21,27-29,34-35H2,1-2H3. The normalized spacial score (nSPS) is 12.4. The van der Waals surface area contributed by atoms with E-state index in [1.807, 2.05) is 88.7 Å². The summed E-state index contributed by atoms with van der Waals surface area (Å²) < 4.78 is 10.9. The molecule has 7 aromatic rings. The van der Waals surface area contributed by atoms with Gasteiger partial charge in [-0.1, -0.05) is 103 Å². The maximum Gasteiger partial charge on any atom is 0.260 e. The van der Waals surface area contributed by atoms with Crippen molar-refractivity contribution in [1.29, 1.82) is 0 Å². The number of rotatable bonds is 14. The van der Waals surface area contributed by atoms with Crippen molar-refractivity contribution in [2.45, 2.75) is 45.2 Å². The van der Waals surface area contributed by atoms with Crippen LogP contribution in [0.15, 0.2) is 140 Å². The van der Waals surface area contributed by atoms with E-state index in [2.05, 4.69) is 71.8 Å². The van der Waals surface area contributed by atoms with Crippen molar-refractivity contribution in [3.05, 3.63) is 190 Å². The molecule has 7 heteroatoms. The van der Waals surface area contributed by atoms with E-state index < -0.39 is 0 Å². The van der Waals surface area contributed by atoms with E-state index in [0.29, 0.717) is 56.0 Å². The van der Waals surface area contributed by atoms with E-state index in [-0.39, 0.29) is 11.8 Å². The number of para-hydroxylation sites is 1. The Morgan fingerprint density at radius 2 is 1.43 bits per heavy atom. The molecule has 1 aromatic heterocycles. The van der Waals surface area contributed by atoms with Crippen LogP contribution in [-0.4, -0.2) is 42.5 Å². The Hall–Kier alpha value is -6.99. The van der Waals surface area contributed by atoms with Crippen molar-refractivity contribution >= 4 is 51.3 Å². The molecule has 0 fully saturated rings. The molecule has 0 saturated heterocycles. The van der Waals surface area contributed by atoms with E-state index in [1.54, 1.807) is 20.4 Å². The molecule has 0 unspecified atom stereocenters. The van der Waals surface area contributed by atoms with Crippen LogP contribution in [0.2, 0.25) is 0 Å². The molecule has 6 aromatic carbocycles. The number of amides is 2. The highest BCUT2D eigenvalue weighted by molar-refractivity contribution is 6.08. The first-order chi connectivity index (χ1) is 29.4. The van der Waals surface area contributed by atoms with Gasteiger partial charge in [-0.2, -0.15) is 0 Å². The van der Waals surface area contributed by atoms with Gasteiger partial charge in [0.1, 0.15) is 0 Å². The fraction of sp³-hybridized carbons (Fsp3) is 0.189. The SMILES string of the molecule is COc1ccc(CCC(=O)N(CCc2ccc(N(Cc3cc4c5c(ccc6c5c3CC=C6)CC=C4)C(=O)c3cnc4ccccc4c3)cc2)Cc2ccccc2)cc1OC. The van der Waals surface area contributed by atoms with Crippen LogP contribution in [0.3, 0.4) is 0 Å². The Morgan fingerprint density at radius 1 is 0.667 bits per heavy atom. The Bertz CT molecular complexity index is 2790. The monoisotopic (exact) mass is 789 g/mol. The van der Waals surface area contributed by atoms with Crippen molar-refractivity contribution in [3.8, 4) is 11.5 Å². The third-order valence-electron chi connectivity index (χ3n) is 11.9. The molecule has 2 aliphatic rings. The first kappa shape index (κ1) is 38.5. The third-order valence-corrected chi connectivity index (χ3v) is 11.9. The van der Waals surface area contributed by atoms with Gasteiger partial charge >= 0.3 is 0 Å². The fourth-order valence-corrected chi connectivity index (χ4v) is 8.70. The molecule has 0 spiro atoms. The predicted octanol–water partition coefficient (Wildman–Crippen LogP) is 10.6. The minimum absolute atomic E-state index is 0.0874. The number of carbonyl (C=O) groups is 2. The van der Waals surface area contributed by atoms with Crippen molar-refractivity contribution < 1.29 is 19.1 Å². The van der Waals surface area contributed by atoms with Crippen LogP contribution in [0.5, 0.6) is 11.5 Å². The second-order valence-electron chi connectivity index (χ2n) is 15.6. The highest BCUT2D eigenvalue weighted by atomic mass is 16.5. The van der Waals surface area contributed by atoms with Crippen LogP contribution in [0.1, 0.15) is 61.3 Å². The van der Waals surface area contributed by atoms with Gasteiger partial charge in [-0.3, -0.25) is 14.6 Å². The molecule has 2 aliphatic carbocycles. The molecule has 0 atom stereocenters. The Kier molecular flexibility index (Phi) is 11.0. The van der Waals surface area contributed by atoms with Gasteiger partial charge in [-0.15, -0.1) is 0 Å². The number of aryl methyl sites for hydroxylation is 1. The molecule has 298 valence electrons. The van der Waals surface area contributed by atoms with Crippen molar-refractivity contribution in [3.63, 3.8) is 0 Å². The second kappa shape index (κ2) is 17.1. The van der Waals surface area contributed by atoms with Crippen LogP contribution < -0.4 is 14.4 Å². The summed E-state index contributed by atoms with van der Waals surface area (Å²) in [5.74, 6) is 1.30. The average Bonchev–Trinajstić information content (AvgIpc) is 3.30. The topological polar surface area (TPSA) is 72.0 Å². The smallest absolute Gasteiger partial charge is 0.260 e. The van der Waals surface area contributed by atoms with E-state index >= 15 is 0 Å². The molecular formula is C53H47N3O4. The molecule has 0 saturated carbocycles. The van der Waals surface area contributed by atoms with Gasteiger partial charge in [0.2, 0.25) is 5.91 Å². The van der Waals surface area contributed by atoms with Gasteiger partial charge in [0, 0.05) is 36.8 Å². The van der Waals surface area contributed by atoms with Crippen molar-refractivity contribution in [1.82, 2.24) is 9.88 Å². The van der Waals surface area contributed by atoms with E-state index in [1.165, 1.54) is 33.0 Å². The molecule has 9 rings (SSSR count). The molecule has 7 nitrogen and oxygen atoms in total. The Balaban J connectivity index is 0.991. The third kappa shape index (κ3) is 7.91. The van der Waals surface area contributed by atoms with Gasteiger partial charge < -0.3 is 19.3 Å². The highest BCUT2D eigenvalue weighted by Crippen LogP contribution is 2.39. The lowest BCUT2D eigenvalue weighted by Crippen LogP contribution is -2.33. The van der Waals surface area contributed by atoms with Crippen LogP contribution in [0.25, 0.3) is 33.8 Å². The minimum atomic E-state index is -0.105. The van der Waals surface area contributed by atoms with Crippen LogP contribution in [0, 0.1) is 0 Å². The number of aromatic nitrogens is 1. The van der Waals surface area contributed by atoms with Crippen LogP contribution >= 0.6 is 0 Å². The first-order valence-electron chi connectivity index (χ1n) is 20.7. The number of hydrogen-bond acceptors (Lipinski definition) is 5. The number of pyridine rings is 1. The summed E-state index contributed by atoms with van der Waals surface area (Å²) in [6, 6.07) is 40.8. The van der Waals surface area contributed by atoms with Crippen LogP contribution in [-0.2, 0) is 43.6 Å². The number of anilines is 1. The van der Waals surface area contributed by atoms with E-state index in [9.17, 15) is 9.59 Å². The largest absolute Gasteiger partial charge is 0.493 e.